The number of hydrogen-bond acceptors (Lipinski definition) is 3. The molecule has 2 unspecified atom stereocenters. The van der Waals surface area contributed by atoms with Gasteiger partial charge in [-0.15, -0.1) is 0 Å². The van der Waals surface area contributed by atoms with Crippen molar-refractivity contribution in [2.45, 2.75) is 31.2 Å². The second-order valence-corrected chi connectivity index (χ2v) is 4.07. The van der Waals surface area contributed by atoms with Gasteiger partial charge in [-0.05, 0) is 25.0 Å². The van der Waals surface area contributed by atoms with Gasteiger partial charge in [0.05, 0.1) is 5.56 Å². The summed E-state index contributed by atoms with van der Waals surface area (Å²) < 4.78 is 10.8. The first-order valence-corrected chi connectivity index (χ1v) is 5.26. The first-order valence-electron chi connectivity index (χ1n) is 5.26. The summed E-state index contributed by atoms with van der Waals surface area (Å²) in [5.74, 6) is -0.840. The number of esters is 1. The van der Waals surface area contributed by atoms with E-state index < -0.39 is 5.79 Å². The molecule has 1 saturated carbocycles. The van der Waals surface area contributed by atoms with Gasteiger partial charge in [-0.2, -0.15) is 0 Å². The largest absolute Gasteiger partial charge is 0.427 e. The highest BCUT2D eigenvalue weighted by molar-refractivity contribution is 5.89. The van der Waals surface area contributed by atoms with E-state index in [0.29, 0.717) is 5.56 Å². The molecule has 1 saturated heterocycles. The molecule has 0 radical (unpaired) electrons. The van der Waals surface area contributed by atoms with Crippen LogP contribution < -0.4 is 0 Å². The van der Waals surface area contributed by atoms with Crippen LogP contribution in [0, 0.1) is 0 Å². The van der Waals surface area contributed by atoms with Gasteiger partial charge >= 0.3 is 5.97 Å². The van der Waals surface area contributed by atoms with Crippen molar-refractivity contribution >= 4 is 5.97 Å². The van der Waals surface area contributed by atoms with E-state index in [9.17, 15) is 4.79 Å². The molecule has 15 heavy (non-hydrogen) atoms. The molecule has 2 fully saturated rings. The molecule has 2 aliphatic rings. The minimum atomic E-state index is -0.563. The molecule has 3 heteroatoms. The van der Waals surface area contributed by atoms with Crippen LogP contribution in [-0.2, 0) is 9.47 Å². The molecule has 0 aromatic heterocycles. The number of epoxide rings is 1. The quantitative estimate of drug-likeness (QED) is 0.547. The van der Waals surface area contributed by atoms with Crippen LogP contribution in [0.3, 0.4) is 0 Å². The van der Waals surface area contributed by atoms with E-state index in [1.54, 1.807) is 12.1 Å². The van der Waals surface area contributed by atoms with Crippen molar-refractivity contribution in [2.24, 2.45) is 0 Å². The lowest BCUT2D eigenvalue weighted by Crippen LogP contribution is -2.20. The topological polar surface area (TPSA) is 38.8 Å². The summed E-state index contributed by atoms with van der Waals surface area (Å²) in [6.07, 6.45) is 3.11. The molecular weight excluding hydrogens is 192 g/mol. The summed E-state index contributed by atoms with van der Waals surface area (Å²) in [6, 6.07) is 9.04. The number of carbonyl (C=O) groups is 1. The summed E-state index contributed by atoms with van der Waals surface area (Å²) in [5.41, 5.74) is 0.591. The van der Waals surface area contributed by atoms with Crippen LogP contribution in [0.1, 0.15) is 29.6 Å². The highest BCUT2D eigenvalue weighted by Crippen LogP contribution is 2.50. The molecule has 2 atom stereocenters. The first-order chi connectivity index (χ1) is 7.30. The Morgan fingerprint density at radius 3 is 2.80 bits per heavy atom. The fraction of sp³-hybridized carbons (Fsp3) is 0.417. The molecule has 0 bridgehead atoms. The summed E-state index contributed by atoms with van der Waals surface area (Å²) >= 11 is 0. The molecule has 1 aromatic carbocycles. The van der Waals surface area contributed by atoms with Crippen LogP contribution in [-0.4, -0.2) is 17.9 Å². The number of hydrogen-bond donors (Lipinski definition) is 0. The van der Waals surface area contributed by atoms with Crippen molar-refractivity contribution in [1.82, 2.24) is 0 Å². The smallest absolute Gasteiger partial charge is 0.340 e. The summed E-state index contributed by atoms with van der Waals surface area (Å²) in [7, 11) is 0. The maximum atomic E-state index is 11.7. The van der Waals surface area contributed by atoms with E-state index in [-0.39, 0.29) is 12.1 Å². The maximum absolute atomic E-state index is 11.7. The minimum Gasteiger partial charge on any atom is -0.427 e. The van der Waals surface area contributed by atoms with E-state index in [4.69, 9.17) is 9.47 Å². The number of rotatable bonds is 2. The summed E-state index contributed by atoms with van der Waals surface area (Å²) in [6.45, 7) is 0. The molecule has 3 nitrogen and oxygen atoms in total. The lowest BCUT2D eigenvalue weighted by molar-refractivity contribution is -0.0215. The Balaban J connectivity index is 1.72. The minimum absolute atomic E-state index is 0.158. The van der Waals surface area contributed by atoms with Crippen LogP contribution in [0.4, 0.5) is 0 Å². The van der Waals surface area contributed by atoms with E-state index in [0.717, 1.165) is 19.3 Å². The second-order valence-electron chi connectivity index (χ2n) is 4.07. The normalized spacial score (nSPS) is 32.1. The lowest BCUT2D eigenvalue weighted by atomic mass is 10.2. The Kier molecular flexibility index (Phi) is 1.83. The summed E-state index contributed by atoms with van der Waals surface area (Å²) in [5, 5.41) is 0. The van der Waals surface area contributed by atoms with Crippen molar-refractivity contribution in [3.05, 3.63) is 35.9 Å². The van der Waals surface area contributed by atoms with Gasteiger partial charge in [0.15, 0.2) is 0 Å². The van der Waals surface area contributed by atoms with E-state index >= 15 is 0 Å². The Hall–Kier alpha value is -1.35. The van der Waals surface area contributed by atoms with Gasteiger partial charge in [-0.25, -0.2) is 4.79 Å². The second kappa shape index (κ2) is 3.07. The van der Waals surface area contributed by atoms with Crippen LogP contribution >= 0.6 is 0 Å². The number of benzene rings is 1. The van der Waals surface area contributed by atoms with Crippen LogP contribution in [0.5, 0.6) is 0 Å². The van der Waals surface area contributed by atoms with Gasteiger partial charge in [0.2, 0.25) is 5.79 Å². The Labute approximate surface area is 88.0 Å². The third-order valence-electron chi connectivity index (χ3n) is 3.04. The van der Waals surface area contributed by atoms with E-state index in [2.05, 4.69) is 0 Å². The SMILES string of the molecule is O=C(OC12CCCC1O2)c1ccccc1. The number of ether oxygens (including phenoxy) is 2. The zero-order valence-electron chi connectivity index (χ0n) is 8.31. The van der Waals surface area contributed by atoms with Crippen molar-refractivity contribution < 1.29 is 14.3 Å². The zero-order valence-corrected chi connectivity index (χ0v) is 8.31. The fourth-order valence-electron chi connectivity index (χ4n) is 2.17. The molecule has 0 N–H and O–H groups in total. The van der Waals surface area contributed by atoms with Gasteiger partial charge in [-0.3, -0.25) is 0 Å². The number of fused-ring (bicyclic) bond motifs is 1. The van der Waals surface area contributed by atoms with E-state index in [1.165, 1.54) is 0 Å². The van der Waals surface area contributed by atoms with Crippen LogP contribution in [0.2, 0.25) is 0 Å². The fourth-order valence-corrected chi connectivity index (χ4v) is 2.17. The van der Waals surface area contributed by atoms with Gasteiger partial charge < -0.3 is 9.47 Å². The zero-order chi connectivity index (χ0) is 10.3. The van der Waals surface area contributed by atoms with Crippen LogP contribution in [0.15, 0.2) is 30.3 Å². The lowest BCUT2D eigenvalue weighted by Gasteiger charge is -2.10. The van der Waals surface area contributed by atoms with Gasteiger partial charge in [0.1, 0.15) is 6.10 Å². The highest BCUT2D eigenvalue weighted by Gasteiger charge is 2.63. The Bertz CT molecular complexity index is 387. The average Bonchev–Trinajstić information content (AvgIpc) is 2.81. The van der Waals surface area contributed by atoms with E-state index in [1.807, 2.05) is 18.2 Å². The standard InChI is InChI=1S/C12H12O3/c13-11(9-5-2-1-3-6-9)15-12-8-4-7-10(12)14-12/h1-3,5-6,10H,4,7-8H2. The van der Waals surface area contributed by atoms with Crippen molar-refractivity contribution in [3.63, 3.8) is 0 Å². The van der Waals surface area contributed by atoms with Gasteiger partial charge in [0.25, 0.3) is 0 Å². The molecule has 1 aliphatic heterocycles. The van der Waals surface area contributed by atoms with Crippen molar-refractivity contribution in [3.8, 4) is 0 Å². The Morgan fingerprint density at radius 1 is 1.40 bits per heavy atom. The highest BCUT2D eigenvalue weighted by atomic mass is 16.8. The first kappa shape index (κ1) is 8.92. The average molecular weight is 204 g/mol. The summed E-state index contributed by atoms with van der Waals surface area (Å²) in [4.78, 5) is 11.7. The predicted molar refractivity (Wildman–Crippen MR) is 53.3 cm³/mol. The molecule has 1 heterocycles. The van der Waals surface area contributed by atoms with Crippen molar-refractivity contribution in [2.75, 3.05) is 0 Å². The molecule has 1 aliphatic carbocycles. The third-order valence-corrected chi connectivity index (χ3v) is 3.04. The van der Waals surface area contributed by atoms with Gasteiger partial charge in [-0.1, -0.05) is 18.2 Å². The molecule has 78 valence electrons. The molecule has 0 spiro atoms. The molecule has 0 amide bonds. The maximum Gasteiger partial charge on any atom is 0.340 e. The predicted octanol–water partition coefficient (Wildman–Crippen LogP) is 2.12. The molecule has 3 rings (SSSR count). The molecular formula is C12H12O3. The van der Waals surface area contributed by atoms with Crippen molar-refractivity contribution in [1.29, 1.82) is 0 Å². The Morgan fingerprint density at radius 2 is 2.20 bits per heavy atom. The van der Waals surface area contributed by atoms with Crippen LogP contribution in [0.25, 0.3) is 0 Å². The number of carbonyl (C=O) groups excluding carboxylic acids is 1. The van der Waals surface area contributed by atoms with Gasteiger partial charge in [0, 0.05) is 6.42 Å². The monoisotopic (exact) mass is 204 g/mol. The molecule has 1 aromatic rings. The third kappa shape index (κ3) is 1.43.